The van der Waals surface area contributed by atoms with Crippen LogP contribution in [-0.2, 0) is 10.3 Å². The smallest absolute Gasteiger partial charge is 0.279 e. The number of aryl methyl sites for hydroxylation is 2. The number of ether oxygens (including phenoxy) is 1. The summed E-state index contributed by atoms with van der Waals surface area (Å²) in [5, 5.41) is 5.97. The molecule has 27 heavy (non-hydrogen) atoms. The van der Waals surface area contributed by atoms with Gasteiger partial charge in [-0.05, 0) is 20.3 Å². The van der Waals surface area contributed by atoms with Crippen LogP contribution in [0.15, 0.2) is 14.8 Å². The Hall–Kier alpha value is -1.91. The highest BCUT2D eigenvalue weighted by Gasteiger charge is 2.49. The lowest BCUT2D eigenvalue weighted by molar-refractivity contribution is -0.0466. The molecule has 2 aromatic heterocycles. The number of nitrogens with two attached hydrogens (primary N) is 1. The van der Waals surface area contributed by atoms with Gasteiger partial charge in [-0.1, -0.05) is 11.8 Å². The number of nitrogens with one attached hydrogen (secondary N) is 1. The molecular weight excluding hydrogens is 386 g/mol. The van der Waals surface area contributed by atoms with Gasteiger partial charge >= 0.3 is 0 Å². The molecule has 2 aromatic rings. The molecule has 0 aliphatic carbocycles. The lowest BCUT2D eigenvalue weighted by atomic mass is 9.80. The topological polar surface area (TPSA) is 116 Å². The number of thioether (sulfide) groups is 1. The van der Waals surface area contributed by atoms with Gasteiger partial charge in [-0.2, -0.15) is 0 Å². The number of nitrogens with zero attached hydrogens (tertiary/aromatic N) is 3. The molecule has 3 N–H and O–H groups in total. The third-order valence-electron chi connectivity index (χ3n) is 4.86. The highest BCUT2D eigenvalue weighted by atomic mass is 32.2. The average Bonchev–Trinajstić information content (AvgIpc) is 3.21. The Morgan fingerprint density at radius 2 is 2.22 bits per heavy atom. The number of anilines is 1. The SMILES string of the molecule is Cc1nc(C(=O)Nc2csc(C34CO[C@@H](C)C[C@H]3CSC(N)=N4)n2)c(C)o1. The monoisotopic (exact) mass is 407 g/mol. The second-order valence-corrected chi connectivity index (χ2v) is 8.77. The molecule has 0 radical (unpaired) electrons. The van der Waals surface area contributed by atoms with Crippen LogP contribution in [0.3, 0.4) is 0 Å². The summed E-state index contributed by atoms with van der Waals surface area (Å²) in [7, 11) is 0. The number of rotatable bonds is 3. The maximum absolute atomic E-state index is 12.5. The van der Waals surface area contributed by atoms with E-state index in [-0.39, 0.29) is 17.7 Å². The van der Waals surface area contributed by atoms with Crippen molar-refractivity contribution < 1.29 is 13.9 Å². The highest BCUT2D eigenvalue weighted by molar-refractivity contribution is 8.13. The van der Waals surface area contributed by atoms with Crippen LogP contribution in [-0.4, -0.2) is 39.5 Å². The molecule has 2 aliphatic rings. The Kier molecular flexibility index (Phi) is 4.73. The predicted octanol–water partition coefficient (Wildman–Crippen LogP) is 2.68. The molecule has 1 unspecified atom stereocenters. The van der Waals surface area contributed by atoms with Gasteiger partial charge in [0.25, 0.3) is 5.91 Å². The van der Waals surface area contributed by atoms with E-state index >= 15 is 0 Å². The zero-order valence-corrected chi connectivity index (χ0v) is 16.9. The number of amides is 1. The van der Waals surface area contributed by atoms with Crippen LogP contribution in [0.5, 0.6) is 0 Å². The van der Waals surface area contributed by atoms with Crippen molar-refractivity contribution in [2.45, 2.75) is 38.8 Å². The molecule has 0 spiro atoms. The molecule has 3 atom stereocenters. The molecule has 0 aromatic carbocycles. The van der Waals surface area contributed by atoms with Crippen LogP contribution < -0.4 is 11.1 Å². The van der Waals surface area contributed by atoms with Crippen LogP contribution >= 0.6 is 23.1 Å². The number of thiazole rings is 1. The third-order valence-corrected chi connectivity index (χ3v) is 6.82. The summed E-state index contributed by atoms with van der Waals surface area (Å²) in [6.45, 7) is 5.94. The van der Waals surface area contributed by atoms with E-state index in [2.05, 4.69) is 22.2 Å². The standard InChI is InChI=1S/C17H21N5O3S2/c1-8-4-11-5-27-16(18)22-17(11,7-24-8)15-21-12(6-26-15)20-14(23)13-9(2)25-10(3)19-13/h6,8,11H,4-5,7H2,1-3H3,(H2,18,22)(H,20,23)/t8-,11-,17?/m0/s1. The molecule has 0 bridgehead atoms. The normalized spacial score (nSPS) is 27.7. The molecule has 4 rings (SSSR count). The number of hydrogen-bond acceptors (Lipinski definition) is 9. The molecular formula is C17H21N5O3S2. The van der Waals surface area contributed by atoms with Gasteiger partial charge in [-0.3, -0.25) is 4.79 Å². The molecule has 10 heteroatoms. The van der Waals surface area contributed by atoms with Crippen molar-refractivity contribution in [3.05, 3.63) is 27.7 Å². The van der Waals surface area contributed by atoms with E-state index in [1.54, 1.807) is 25.6 Å². The van der Waals surface area contributed by atoms with E-state index in [0.29, 0.717) is 35.2 Å². The number of fused-ring (bicyclic) bond motifs is 1. The first kappa shape index (κ1) is 18.5. The second kappa shape index (κ2) is 6.92. The Morgan fingerprint density at radius 1 is 1.41 bits per heavy atom. The number of amidine groups is 1. The van der Waals surface area contributed by atoms with Gasteiger partial charge in [0, 0.05) is 24.0 Å². The van der Waals surface area contributed by atoms with E-state index in [9.17, 15) is 4.79 Å². The summed E-state index contributed by atoms with van der Waals surface area (Å²) in [6.07, 6.45) is 1.10. The maximum atomic E-state index is 12.5. The van der Waals surface area contributed by atoms with Gasteiger partial charge in [0.2, 0.25) is 0 Å². The second-order valence-electron chi connectivity index (χ2n) is 6.87. The minimum Gasteiger partial charge on any atom is -0.445 e. The minimum atomic E-state index is -0.574. The van der Waals surface area contributed by atoms with E-state index in [4.69, 9.17) is 19.9 Å². The largest absolute Gasteiger partial charge is 0.445 e. The molecule has 2 aliphatic heterocycles. The van der Waals surface area contributed by atoms with Crippen LogP contribution in [0, 0.1) is 19.8 Å². The fourth-order valence-corrected chi connectivity index (χ4v) is 5.50. The molecule has 1 saturated heterocycles. The minimum absolute atomic E-state index is 0.191. The Morgan fingerprint density at radius 3 is 2.96 bits per heavy atom. The summed E-state index contributed by atoms with van der Waals surface area (Å²) in [5.74, 6) is 2.26. The van der Waals surface area contributed by atoms with E-state index in [1.165, 1.54) is 11.3 Å². The highest BCUT2D eigenvalue weighted by Crippen LogP contribution is 2.47. The van der Waals surface area contributed by atoms with Crippen molar-refractivity contribution in [2.24, 2.45) is 16.6 Å². The zero-order valence-electron chi connectivity index (χ0n) is 15.3. The number of aliphatic imine (C=N–C) groups is 1. The van der Waals surface area contributed by atoms with Gasteiger partial charge in [0.1, 0.15) is 22.1 Å². The molecule has 1 amide bonds. The third kappa shape index (κ3) is 3.37. The molecule has 144 valence electrons. The summed E-state index contributed by atoms with van der Waals surface area (Å²) in [4.78, 5) is 26.0. The first-order valence-electron chi connectivity index (χ1n) is 8.68. The van der Waals surface area contributed by atoms with E-state index in [0.717, 1.165) is 17.2 Å². The van der Waals surface area contributed by atoms with Crippen molar-refractivity contribution >= 4 is 40.0 Å². The maximum Gasteiger partial charge on any atom is 0.279 e. The predicted molar refractivity (Wildman–Crippen MR) is 105 cm³/mol. The van der Waals surface area contributed by atoms with Crippen molar-refractivity contribution in [1.29, 1.82) is 0 Å². The van der Waals surface area contributed by atoms with Crippen LogP contribution in [0.2, 0.25) is 0 Å². The van der Waals surface area contributed by atoms with Gasteiger partial charge < -0.3 is 20.2 Å². The molecule has 8 nitrogen and oxygen atoms in total. The molecule has 1 fully saturated rings. The fourth-order valence-electron chi connectivity index (χ4n) is 3.52. The Labute approximate surface area is 165 Å². The van der Waals surface area contributed by atoms with Gasteiger partial charge in [-0.15, -0.1) is 11.3 Å². The number of carbonyl (C=O) groups is 1. The quantitative estimate of drug-likeness (QED) is 0.803. The van der Waals surface area contributed by atoms with Crippen molar-refractivity contribution in [1.82, 2.24) is 9.97 Å². The average molecular weight is 408 g/mol. The van der Waals surface area contributed by atoms with E-state index < -0.39 is 5.54 Å². The van der Waals surface area contributed by atoms with Crippen molar-refractivity contribution in [2.75, 3.05) is 17.7 Å². The first-order valence-corrected chi connectivity index (χ1v) is 10.5. The van der Waals surface area contributed by atoms with Crippen molar-refractivity contribution in [3.63, 3.8) is 0 Å². The summed E-state index contributed by atoms with van der Waals surface area (Å²) in [5.41, 5.74) is 5.72. The Balaban J connectivity index is 1.60. The molecule has 0 saturated carbocycles. The Bertz CT molecular complexity index is 908. The lowest BCUT2D eigenvalue weighted by Gasteiger charge is -2.44. The first-order chi connectivity index (χ1) is 12.9. The number of aromatic nitrogens is 2. The molecule has 4 heterocycles. The summed E-state index contributed by atoms with van der Waals surface area (Å²) >= 11 is 3.04. The number of carbonyl (C=O) groups excluding carboxylic acids is 1. The van der Waals surface area contributed by atoms with Crippen LogP contribution in [0.1, 0.15) is 40.5 Å². The number of hydrogen-bond donors (Lipinski definition) is 2. The van der Waals surface area contributed by atoms with Crippen LogP contribution in [0.4, 0.5) is 5.82 Å². The van der Waals surface area contributed by atoms with Gasteiger partial charge in [-0.25, -0.2) is 15.0 Å². The van der Waals surface area contributed by atoms with Crippen LogP contribution in [0.25, 0.3) is 0 Å². The van der Waals surface area contributed by atoms with Gasteiger partial charge in [0.15, 0.2) is 16.8 Å². The zero-order chi connectivity index (χ0) is 19.2. The lowest BCUT2D eigenvalue weighted by Crippen LogP contribution is -2.49. The summed E-state index contributed by atoms with van der Waals surface area (Å²) in [6, 6.07) is 0. The number of oxazole rings is 1. The van der Waals surface area contributed by atoms with Crippen molar-refractivity contribution in [3.8, 4) is 0 Å². The van der Waals surface area contributed by atoms with E-state index in [1.807, 2.05) is 5.38 Å². The van der Waals surface area contributed by atoms with Gasteiger partial charge in [0.05, 0.1) is 12.7 Å². The fraction of sp³-hybridized carbons (Fsp3) is 0.529. The summed E-state index contributed by atoms with van der Waals surface area (Å²) < 4.78 is 11.2.